The van der Waals surface area contributed by atoms with Gasteiger partial charge in [0.25, 0.3) is 11.6 Å². The zero-order valence-electron chi connectivity index (χ0n) is 14.8. The van der Waals surface area contributed by atoms with E-state index in [9.17, 15) is 19.7 Å². The molecule has 0 heterocycles. The molecule has 4 aliphatic rings. The molecule has 0 aliphatic heterocycles. The Bertz CT molecular complexity index is 774. The Balaban J connectivity index is 1.36. The highest BCUT2D eigenvalue weighted by molar-refractivity contribution is 6.33. The highest BCUT2D eigenvalue weighted by Gasteiger charge is 2.55. The Morgan fingerprint density at radius 1 is 1.19 bits per heavy atom. The lowest BCUT2D eigenvalue weighted by atomic mass is 9.49. The van der Waals surface area contributed by atoms with Crippen LogP contribution >= 0.6 is 11.6 Å². The first-order chi connectivity index (χ1) is 12.8. The van der Waals surface area contributed by atoms with Crippen LogP contribution in [0.1, 0.15) is 38.5 Å². The summed E-state index contributed by atoms with van der Waals surface area (Å²) >= 11 is 5.97. The van der Waals surface area contributed by atoms with E-state index in [-0.39, 0.29) is 22.4 Å². The quantitative estimate of drug-likeness (QED) is 0.464. The zero-order chi connectivity index (χ0) is 19.2. The van der Waals surface area contributed by atoms with Crippen LogP contribution in [0.3, 0.4) is 0 Å². The number of anilines is 1. The number of carbonyl (C=O) groups excluding carboxylic acids is 2. The molecule has 0 saturated heterocycles. The summed E-state index contributed by atoms with van der Waals surface area (Å²) < 4.78 is 5.35. The van der Waals surface area contributed by atoms with Gasteiger partial charge < -0.3 is 10.1 Å². The topological polar surface area (TPSA) is 98.5 Å². The zero-order valence-corrected chi connectivity index (χ0v) is 15.5. The third-order valence-corrected chi connectivity index (χ3v) is 6.57. The molecule has 4 fully saturated rings. The second-order valence-corrected chi connectivity index (χ2v) is 8.65. The third-order valence-electron chi connectivity index (χ3n) is 6.24. The first-order valence-corrected chi connectivity index (χ1v) is 9.63. The normalized spacial score (nSPS) is 30.8. The van der Waals surface area contributed by atoms with Crippen LogP contribution in [0.25, 0.3) is 0 Å². The van der Waals surface area contributed by atoms with Crippen molar-refractivity contribution in [3.63, 3.8) is 0 Å². The van der Waals surface area contributed by atoms with Gasteiger partial charge in [0.15, 0.2) is 6.61 Å². The summed E-state index contributed by atoms with van der Waals surface area (Å²) in [5.41, 5.74) is -0.472. The van der Waals surface area contributed by atoms with Crippen molar-refractivity contribution >= 4 is 34.9 Å². The summed E-state index contributed by atoms with van der Waals surface area (Å²) in [6.45, 7) is -0.417. The van der Waals surface area contributed by atoms with Gasteiger partial charge in [-0.05, 0) is 62.3 Å². The maximum Gasteiger partial charge on any atom is 0.312 e. The monoisotopic (exact) mass is 392 g/mol. The molecule has 0 unspecified atom stereocenters. The van der Waals surface area contributed by atoms with Crippen LogP contribution in [0.4, 0.5) is 11.4 Å². The largest absolute Gasteiger partial charge is 0.455 e. The van der Waals surface area contributed by atoms with E-state index in [1.807, 2.05) is 0 Å². The molecule has 27 heavy (non-hydrogen) atoms. The van der Waals surface area contributed by atoms with Gasteiger partial charge in [0.2, 0.25) is 0 Å². The van der Waals surface area contributed by atoms with Gasteiger partial charge in [0.1, 0.15) is 0 Å². The van der Waals surface area contributed by atoms with Gasteiger partial charge >= 0.3 is 5.97 Å². The summed E-state index contributed by atoms with van der Waals surface area (Å²) in [7, 11) is 0. The number of carbonyl (C=O) groups is 2. The van der Waals surface area contributed by atoms with Gasteiger partial charge in [-0.25, -0.2) is 0 Å². The highest BCUT2D eigenvalue weighted by Crippen LogP contribution is 2.60. The second-order valence-electron chi connectivity index (χ2n) is 8.24. The average Bonchev–Trinajstić information content (AvgIpc) is 2.60. The lowest BCUT2D eigenvalue weighted by Crippen LogP contribution is -2.50. The number of nitrogens with zero attached hydrogens (tertiary/aromatic N) is 1. The second kappa shape index (κ2) is 6.78. The maximum atomic E-state index is 12.7. The predicted octanol–water partition coefficient (Wildman–Crippen LogP) is 3.95. The molecule has 4 saturated carbocycles. The van der Waals surface area contributed by atoms with Crippen molar-refractivity contribution < 1.29 is 19.2 Å². The molecular formula is C19H21ClN2O5. The van der Waals surface area contributed by atoms with E-state index < -0.39 is 22.9 Å². The highest BCUT2D eigenvalue weighted by atomic mass is 35.5. The summed E-state index contributed by atoms with van der Waals surface area (Å²) in [6.07, 6.45) is 6.28. The Morgan fingerprint density at radius 2 is 1.78 bits per heavy atom. The molecule has 7 nitrogen and oxygen atoms in total. The van der Waals surface area contributed by atoms with Gasteiger partial charge in [-0.15, -0.1) is 0 Å². The standard InChI is InChI=1S/C19H21ClN2O5/c20-15-2-1-14(22(25)26)6-16(15)21-17(23)10-27-18(24)19-7-11-3-12(8-19)5-13(4-11)9-19/h1-2,6,11-13H,3-5,7-10H2,(H,21,23). The van der Waals surface area contributed by atoms with Gasteiger partial charge in [-0.2, -0.15) is 0 Å². The number of ether oxygens (including phenoxy) is 1. The molecule has 8 heteroatoms. The molecule has 5 rings (SSSR count). The molecule has 1 aromatic rings. The summed E-state index contributed by atoms with van der Waals surface area (Å²) in [4.78, 5) is 35.2. The molecule has 4 aliphatic carbocycles. The number of amides is 1. The van der Waals surface area contributed by atoms with Crippen molar-refractivity contribution in [2.45, 2.75) is 38.5 Å². The van der Waals surface area contributed by atoms with Crippen molar-refractivity contribution in [1.82, 2.24) is 0 Å². The van der Waals surface area contributed by atoms with E-state index in [1.54, 1.807) is 0 Å². The molecule has 144 valence electrons. The van der Waals surface area contributed by atoms with Crippen LogP contribution in [0.15, 0.2) is 18.2 Å². The first-order valence-electron chi connectivity index (χ1n) is 9.26. The van der Waals surface area contributed by atoms with Crippen molar-refractivity contribution in [2.75, 3.05) is 11.9 Å². The minimum Gasteiger partial charge on any atom is -0.455 e. The fraction of sp³-hybridized carbons (Fsp3) is 0.579. The number of benzene rings is 1. The van der Waals surface area contributed by atoms with Crippen LogP contribution in [-0.2, 0) is 14.3 Å². The van der Waals surface area contributed by atoms with Crippen molar-refractivity contribution in [3.05, 3.63) is 33.3 Å². The Hall–Kier alpha value is -2.15. The number of rotatable bonds is 5. The lowest BCUT2D eigenvalue weighted by molar-refractivity contribution is -0.384. The number of hydrogen-bond donors (Lipinski definition) is 1. The summed E-state index contributed by atoms with van der Waals surface area (Å²) in [6, 6.07) is 3.78. The van der Waals surface area contributed by atoms with E-state index in [2.05, 4.69) is 5.32 Å². The number of nitro groups is 1. The molecule has 0 aromatic heterocycles. The molecule has 0 atom stereocenters. The lowest BCUT2D eigenvalue weighted by Gasteiger charge is -2.55. The Kier molecular flexibility index (Phi) is 4.58. The molecule has 1 amide bonds. The van der Waals surface area contributed by atoms with Gasteiger partial charge in [-0.1, -0.05) is 11.6 Å². The minimum absolute atomic E-state index is 0.127. The number of nitrogens with one attached hydrogen (secondary N) is 1. The number of non-ortho nitro benzene ring substituents is 1. The third kappa shape index (κ3) is 3.52. The Morgan fingerprint density at radius 3 is 2.33 bits per heavy atom. The number of halogens is 1. The number of nitro benzene ring substituents is 1. The fourth-order valence-corrected chi connectivity index (χ4v) is 5.72. The molecular weight excluding hydrogens is 372 g/mol. The number of esters is 1. The van der Waals surface area contributed by atoms with Gasteiger partial charge in [0.05, 0.1) is 21.0 Å². The molecule has 1 N–H and O–H groups in total. The van der Waals surface area contributed by atoms with Crippen LogP contribution in [-0.4, -0.2) is 23.4 Å². The van der Waals surface area contributed by atoms with Crippen LogP contribution in [0.5, 0.6) is 0 Å². The van der Waals surface area contributed by atoms with Gasteiger partial charge in [0, 0.05) is 12.1 Å². The summed E-state index contributed by atoms with van der Waals surface area (Å²) in [5, 5.41) is 13.5. The molecule has 0 spiro atoms. The van der Waals surface area contributed by atoms with E-state index in [0.717, 1.165) is 19.3 Å². The van der Waals surface area contributed by atoms with Crippen LogP contribution in [0.2, 0.25) is 5.02 Å². The van der Waals surface area contributed by atoms with Crippen LogP contribution in [0, 0.1) is 33.3 Å². The van der Waals surface area contributed by atoms with Crippen molar-refractivity contribution in [1.29, 1.82) is 0 Å². The predicted molar refractivity (Wildman–Crippen MR) is 98.3 cm³/mol. The van der Waals surface area contributed by atoms with Crippen molar-refractivity contribution in [2.24, 2.45) is 23.2 Å². The van der Waals surface area contributed by atoms with E-state index in [1.165, 1.54) is 37.5 Å². The van der Waals surface area contributed by atoms with Crippen LogP contribution < -0.4 is 5.32 Å². The first kappa shape index (κ1) is 18.2. The SMILES string of the molecule is O=C(COC(=O)C12CC3CC(CC(C3)C1)C2)Nc1cc([N+](=O)[O-])ccc1Cl. The van der Waals surface area contributed by atoms with Crippen molar-refractivity contribution in [3.8, 4) is 0 Å². The van der Waals surface area contributed by atoms with E-state index in [4.69, 9.17) is 16.3 Å². The van der Waals surface area contributed by atoms with Gasteiger partial charge in [-0.3, -0.25) is 19.7 Å². The molecule has 1 aromatic carbocycles. The average molecular weight is 393 g/mol. The fourth-order valence-electron chi connectivity index (χ4n) is 5.55. The van der Waals surface area contributed by atoms with E-state index >= 15 is 0 Å². The van der Waals surface area contributed by atoms with E-state index in [0.29, 0.717) is 17.8 Å². The summed E-state index contributed by atoms with van der Waals surface area (Å²) in [5.74, 6) is 1.00. The maximum absolute atomic E-state index is 12.7. The minimum atomic E-state index is -0.570. The number of hydrogen-bond acceptors (Lipinski definition) is 5. The molecule has 4 bridgehead atoms. The Labute approximate surface area is 161 Å². The molecule has 0 radical (unpaired) electrons. The smallest absolute Gasteiger partial charge is 0.312 e.